The molecule has 1 N–H and O–H groups in total. The summed E-state index contributed by atoms with van der Waals surface area (Å²) in [6, 6.07) is 7.26. The molecule has 0 saturated heterocycles. The SMILES string of the molecule is Cc1nn2c(nnc3c(=O)n(CCC(=O)O)cnc32)c1-c1ccc(Cl)cc1. The van der Waals surface area contributed by atoms with Crippen molar-refractivity contribution < 1.29 is 9.90 Å². The number of rotatable bonds is 4. The molecule has 0 aliphatic rings. The molecule has 9 nitrogen and oxygen atoms in total. The van der Waals surface area contributed by atoms with Gasteiger partial charge in [0.05, 0.1) is 17.7 Å². The standard InChI is InChI=1S/C17H13ClN6O3/c1-9-13(10-2-4-11(18)5-3-10)15-21-20-14-16(24(15)22-9)19-8-23(17(14)27)7-6-12(25)26/h2-5,8H,6-7H2,1H3,(H,25,26). The van der Waals surface area contributed by atoms with Gasteiger partial charge in [-0.2, -0.15) is 9.61 Å². The molecule has 0 aliphatic carbocycles. The van der Waals surface area contributed by atoms with E-state index in [2.05, 4.69) is 20.3 Å². The number of carbonyl (C=O) groups is 1. The van der Waals surface area contributed by atoms with Gasteiger partial charge in [-0.05, 0) is 24.6 Å². The van der Waals surface area contributed by atoms with Gasteiger partial charge in [0.25, 0.3) is 5.56 Å². The van der Waals surface area contributed by atoms with Crippen LogP contribution in [0.15, 0.2) is 35.4 Å². The predicted molar refractivity (Wildman–Crippen MR) is 97.8 cm³/mol. The van der Waals surface area contributed by atoms with Gasteiger partial charge in [-0.1, -0.05) is 23.7 Å². The van der Waals surface area contributed by atoms with Crippen molar-refractivity contribution in [2.75, 3.05) is 0 Å². The predicted octanol–water partition coefficient (Wildman–Crippen LogP) is 1.94. The number of hydrogen-bond acceptors (Lipinski definition) is 6. The number of benzene rings is 1. The average molecular weight is 385 g/mol. The van der Waals surface area contributed by atoms with E-state index in [-0.39, 0.29) is 24.1 Å². The Bertz CT molecular complexity index is 1250. The number of hydrogen-bond donors (Lipinski definition) is 1. The van der Waals surface area contributed by atoms with E-state index in [1.54, 1.807) is 12.1 Å². The first kappa shape index (κ1) is 17.1. The second kappa shape index (κ2) is 6.44. The van der Waals surface area contributed by atoms with Crippen molar-refractivity contribution in [1.82, 2.24) is 29.4 Å². The Balaban J connectivity index is 1.91. The minimum absolute atomic E-state index is 0.00494. The van der Waals surface area contributed by atoms with Gasteiger partial charge in [0.1, 0.15) is 6.33 Å². The number of carboxylic acid groups (broad SMARTS) is 1. The summed E-state index contributed by atoms with van der Waals surface area (Å²) in [5.41, 5.74) is 2.65. The maximum atomic E-state index is 12.6. The Kier molecular flexibility index (Phi) is 4.08. The van der Waals surface area contributed by atoms with E-state index >= 15 is 0 Å². The Hall–Kier alpha value is -3.33. The lowest BCUT2D eigenvalue weighted by atomic mass is 10.1. The summed E-state index contributed by atoms with van der Waals surface area (Å²) in [6.07, 6.45) is 1.11. The van der Waals surface area contributed by atoms with E-state index in [0.717, 1.165) is 11.1 Å². The van der Waals surface area contributed by atoms with E-state index in [4.69, 9.17) is 16.7 Å². The zero-order valence-corrected chi connectivity index (χ0v) is 14.9. The molecule has 136 valence electrons. The zero-order valence-electron chi connectivity index (χ0n) is 14.1. The minimum atomic E-state index is -1.00. The summed E-state index contributed by atoms with van der Waals surface area (Å²) in [7, 11) is 0. The molecule has 0 atom stereocenters. The summed E-state index contributed by atoms with van der Waals surface area (Å²) in [5.74, 6) is -1.00. The summed E-state index contributed by atoms with van der Waals surface area (Å²) < 4.78 is 2.68. The summed E-state index contributed by atoms with van der Waals surface area (Å²) in [6.45, 7) is 1.84. The Morgan fingerprint density at radius 2 is 1.93 bits per heavy atom. The second-order valence-corrected chi connectivity index (χ2v) is 6.40. The summed E-state index contributed by atoms with van der Waals surface area (Å²) in [5, 5.41) is 22.1. The fourth-order valence-electron chi connectivity index (χ4n) is 2.89. The molecule has 0 unspecified atom stereocenters. The number of nitrogens with zero attached hydrogens (tertiary/aromatic N) is 6. The highest BCUT2D eigenvalue weighted by Crippen LogP contribution is 2.28. The van der Waals surface area contributed by atoms with E-state index in [0.29, 0.717) is 16.4 Å². The molecule has 4 rings (SSSR count). The quantitative estimate of drug-likeness (QED) is 0.571. The van der Waals surface area contributed by atoms with Gasteiger partial charge >= 0.3 is 5.97 Å². The van der Waals surface area contributed by atoms with Crippen LogP contribution in [-0.2, 0) is 11.3 Å². The third-order valence-electron chi connectivity index (χ3n) is 4.18. The molecule has 1 aromatic carbocycles. The van der Waals surface area contributed by atoms with Gasteiger partial charge in [-0.25, -0.2) is 4.98 Å². The molecule has 0 bridgehead atoms. The molecule has 0 spiro atoms. The van der Waals surface area contributed by atoms with Crippen LogP contribution in [0.1, 0.15) is 12.1 Å². The number of fused-ring (bicyclic) bond motifs is 3. The van der Waals surface area contributed by atoms with Gasteiger partial charge in [-0.15, -0.1) is 10.2 Å². The Morgan fingerprint density at radius 3 is 2.63 bits per heavy atom. The Labute approximate surface area is 156 Å². The van der Waals surface area contributed by atoms with Crippen LogP contribution in [0.25, 0.3) is 27.9 Å². The molecule has 4 aromatic rings. The van der Waals surface area contributed by atoms with Crippen LogP contribution < -0.4 is 5.56 Å². The minimum Gasteiger partial charge on any atom is -0.481 e. The van der Waals surface area contributed by atoms with E-state index in [1.807, 2.05) is 19.1 Å². The Morgan fingerprint density at radius 1 is 1.19 bits per heavy atom. The molecule has 0 amide bonds. The normalized spacial score (nSPS) is 11.3. The van der Waals surface area contributed by atoms with Crippen molar-refractivity contribution in [2.45, 2.75) is 19.9 Å². The van der Waals surface area contributed by atoms with Crippen LogP contribution in [0.4, 0.5) is 0 Å². The largest absolute Gasteiger partial charge is 0.481 e. The average Bonchev–Trinajstić information content (AvgIpc) is 2.98. The molecule has 27 heavy (non-hydrogen) atoms. The van der Waals surface area contributed by atoms with Crippen molar-refractivity contribution in [3.05, 3.63) is 51.7 Å². The third-order valence-corrected chi connectivity index (χ3v) is 4.43. The van der Waals surface area contributed by atoms with Crippen molar-refractivity contribution >= 4 is 34.4 Å². The highest BCUT2D eigenvalue weighted by atomic mass is 35.5. The first-order valence-corrected chi connectivity index (χ1v) is 8.42. The number of aliphatic carboxylic acids is 1. The summed E-state index contributed by atoms with van der Waals surface area (Å²) in [4.78, 5) is 27.5. The van der Waals surface area contributed by atoms with Crippen LogP contribution in [-0.4, -0.2) is 40.4 Å². The van der Waals surface area contributed by atoms with E-state index < -0.39 is 11.5 Å². The van der Waals surface area contributed by atoms with E-state index in [1.165, 1.54) is 15.4 Å². The zero-order chi connectivity index (χ0) is 19.1. The first-order valence-electron chi connectivity index (χ1n) is 8.04. The molecular formula is C17H13ClN6O3. The molecule has 0 fully saturated rings. The maximum absolute atomic E-state index is 12.6. The lowest BCUT2D eigenvalue weighted by Crippen LogP contribution is -2.24. The molecule has 0 saturated carbocycles. The molecule has 3 aromatic heterocycles. The number of aryl methyl sites for hydroxylation is 2. The van der Waals surface area contributed by atoms with Crippen LogP contribution in [0.3, 0.4) is 0 Å². The van der Waals surface area contributed by atoms with Gasteiger partial charge in [0, 0.05) is 11.6 Å². The maximum Gasteiger partial charge on any atom is 0.305 e. The van der Waals surface area contributed by atoms with Crippen LogP contribution in [0, 0.1) is 6.92 Å². The summed E-state index contributed by atoms with van der Waals surface area (Å²) >= 11 is 5.95. The van der Waals surface area contributed by atoms with Crippen molar-refractivity contribution in [2.24, 2.45) is 0 Å². The topological polar surface area (TPSA) is 115 Å². The first-order chi connectivity index (χ1) is 13.0. The van der Waals surface area contributed by atoms with Crippen LogP contribution >= 0.6 is 11.6 Å². The smallest absolute Gasteiger partial charge is 0.305 e. The molecule has 0 aliphatic heterocycles. The fourth-order valence-corrected chi connectivity index (χ4v) is 3.02. The van der Waals surface area contributed by atoms with Crippen molar-refractivity contribution in [1.29, 1.82) is 0 Å². The van der Waals surface area contributed by atoms with Crippen molar-refractivity contribution in [3.63, 3.8) is 0 Å². The lowest BCUT2D eigenvalue weighted by molar-refractivity contribution is -0.137. The molecule has 3 heterocycles. The van der Waals surface area contributed by atoms with Crippen LogP contribution in [0.5, 0.6) is 0 Å². The number of halogens is 1. The van der Waals surface area contributed by atoms with Gasteiger partial charge in [-0.3, -0.25) is 14.2 Å². The highest BCUT2D eigenvalue weighted by molar-refractivity contribution is 6.30. The van der Waals surface area contributed by atoms with Crippen LogP contribution in [0.2, 0.25) is 5.02 Å². The number of carboxylic acids is 1. The second-order valence-electron chi connectivity index (χ2n) is 5.96. The highest BCUT2D eigenvalue weighted by Gasteiger charge is 2.18. The molecule has 0 radical (unpaired) electrons. The number of aromatic nitrogens is 6. The van der Waals surface area contributed by atoms with Gasteiger partial charge in [0.15, 0.2) is 16.8 Å². The van der Waals surface area contributed by atoms with E-state index in [9.17, 15) is 9.59 Å². The van der Waals surface area contributed by atoms with Gasteiger partial charge < -0.3 is 5.11 Å². The van der Waals surface area contributed by atoms with Crippen molar-refractivity contribution in [3.8, 4) is 11.1 Å². The molecular weight excluding hydrogens is 372 g/mol. The third kappa shape index (κ3) is 2.91. The van der Waals surface area contributed by atoms with Gasteiger partial charge in [0.2, 0.25) is 0 Å². The molecule has 10 heteroatoms. The fraction of sp³-hybridized carbons (Fsp3) is 0.176. The monoisotopic (exact) mass is 384 g/mol. The lowest BCUT2D eigenvalue weighted by Gasteiger charge is -2.05.